The Kier molecular flexibility index (Phi) is 15.0. The van der Waals surface area contributed by atoms with Crippen LogP contribution < -0.4 is 20.7 Å². The maximum absolute atomic E-state index is 11.5. The molecule has 0 aliphatic rings. The van der Waals surface area contributed by atoms with Gasteiger partial charge >= 0.3 is 12.2 Å². The molecule has 0 bridgehead atoms. The van der Waals surface area contributed by atoms with E-state index in [1.807, 2.05) is 0 Å². The van der Waals surface area contributed by atoms with Crippen molar-refractivity contribution in [2.45, 2.75) is 38.1 Å². The zero-order chi connectivity index (χ0) is 21.0. The van der Waals surface area contributed by atoms with Crippen LogP contribution >= 0.6 is 0 Å². The standard InChI is InChI=1S/C14H24N8O6/c15-21-18-7-3-9-27-13(25)17-6-2-1-5-11(12(23)24)20-14(26)28-10-4-8-19-22-16/h11,16H,1-10H2,(H2-,17,20,23,24,25,26). The molecule has 28 heavy (non-hydrogen) atoms. The molecule has 2 amide bonds. The van der Waals surface area contributed by atoms with Gasteiger partial charge in [-0.15, -0.1) is 0 Å². The SMILES string of the molecule is [N-]=[N+]=NCCCOC(=O)NCCCCC(NC(=O)OCCCN=[N+]=N)C(=O)[O-]. The number of unbranched alkanes of at least 4 members (excludes halogenated alkanes) is 1. The second-order valence-corrected chi connectivity index (χ2v) is 5.34. The highest BCUT2D eigenvalue weighted by Gasteiger charge is 2.14. The monoisotopic (exact) mass is 400 g/mol. The molecule has 156 valence electrons. The first-order valence-electron chi connectivity index (χ1n) is 8.60. The predicted molar refractivity (Wildman–Crippen MR) is 91.9 cm³/mol. The van der Waals surface area contributed by atoms with Gasteiger partial charge in [0.25, 0.3) is 0 Å². The number of nitrogens with one attached hydrogen (secondary N) is 3. The summed E-state index contributed by atoms with van der Waals surface area (Å²) in [5, 5.41) is 22.4. The third-order valence-corrected chi connectivity index (χ3v) is 3.17. The van der Waals surface area contributed by atoms with Gasteiger partial charge in [-0.3, -0.25) is 0 Å². The average molecular weight is 400 g/mol. The first kappa shape index (κ1) is 24.6. The van der Waals surface area contributed by atoms with E-state index in [2.05, 4.69) is 30.7 Å². The van der Waals surface area contributed by atoms with Gasteiger partial charge in [0.1, 0.15) is 17.2 Å². The van der Waals surface area contributed by atoms with Gasteiger partial charge in [0.2, 0.25) is 4.91 Å². The molecule has 0 aromatic carbocycles. The fourth-order valence-electron chi connectivity index (χ4n) is 1.84. The molecule has 3 N–H and O–H groups in total. The Morgan fingerprint density at radius 1 is 1.04 bits per heavy atom. The van der Waals surface area contributed by atoms with Crippen molar-refractivity contribution in [2.24, 2.45) is 10.2 Å². The van der Waals surface area contributed by atoms with Gasteiger partial charge in [-0.1, -0.05) is 5.11 Å². The minimum atomic E-state index is -1.44. The van der Waals surface area contributed by atoms with E-state index in [1.54, 1.807) is 0 Å². The van der Waals surface area contributed by atoms with Crippen LogP contribution in [0.1, 0.15) is 32.1 Å². The van der Waals surface area contributed by atoms with Gasteiger partial charge in [0.15, 0.2) is 0 Å². The number of carboxylic acids is 1. The Labute approximate surface area is 160 Å². The van der Waals surface area contributed by atoms with E-state index >= 15 is 0 Å². The minimum Gasteiger partial charge on any atom is -0.548 e. The fraction of sp³-hybridized carbons (Fsp3) is 0.786. The maximum Gasteiger partial charge on any atom is 0.407 e. The summed E-state index contributed by atoms with van der Waals surface area (Å²) < 4.78 is 9.62. The number of ether oxygens (including phenoxy) is 2. The molecule has 0 aromatic heterocycles. The lowest BCUT2D eigenvalue weighted by Gasteiger charge is -2.19. The van der Waals surface area contributed by atoms with E-state index < -0.39 is 24.2 Å². The number of azide groups is 1. The lowest BCUT2D eigenvalue weighted by atomic mass is 10.1. The van der Waals surface area contributed by atoms with E-state index in [-0.39, 0.29) is 39.3 Å². The van der Waals surface area contributed by atoms with Gasteiger partial charge in [-0.2, -0.15) is 0 Å². The van der Waals surface area contributed by atoms with Gasteiger partial charge in [-0.25, -0.2) is 9.59 Å². The summed E-state index contributed by atoms with van der Waals surface area (Å²) in [7, 11) is 0. The van der Waals surface area contributed by atoms with Crippen molar-refractivity contribution in [1.82, 2.24) is 15.5 Å². The molecular weight excluding hydrogens is 376 g/mol. The Hall–Kier alpha value is -3.37. The van der Waals surface area contributed by atoms with Gasteiger partial charge in [-0.05, 0) is 31.2 Å². The summed E-state index contributed by atoms with van der Waals surface area (Å²) in [5.74, 6) is -1.44. The smallest absolute Gasteiger partial charge is 0.407 e. The van der Waals surface area contributed by atoms with Crippen LogP contribution in [0.25, 0.3) is 10.4 Å². The number of alkyl carbamates (subject to hydrolysis) is 2. The lowest BCUT2D eigenvalue weighted by molar-refractivity contribution is -0.308. The first-order chi connectivity index (χ1) is 13.5. The molecule has 0 saturated heterocycles. The van der Waals surface area contributed by atoms with Crippen LogP contribution in [0.5, 0.6) is 0 Å². The molecule has 0 saturated carbocycles. The average Bonchev–Trinajstić information content (AvgIpc) is 2.66. The molecule has 0 spiro atoms. The van der Waals surface area contributed by atoms with E-state index in [0.29, 0.717) is 25.7 Å². The van der Waals surface area contributed by atoms with Crippen LogP contribution in [0.15, 0.2) is 10.2 Å². The van der Waals surface area contributed by atoms with Crippen LogP contribution in [0.2, 0.25) is 0 Å². The van der Waals surface area contributed by atoms with Crippen LogP contribution in [0.4, 0.5) is 9.59 Å². The number of hydrogen-bond donors (Lipinski definition) is 3. The van der Waals surface area contributed by atoms with E-state index in [1.165, 1.54) is 0 Å². The summed E-state index contributed by atoms with van der Waals surface area (Å²) in [6.45, 7) is 0.864. The number of aliphatic carboxylic acids is 1. The van der Waals surface area contributed by atoms with Crippen molar-refractivity contribution in [2.75, 3.05) is 32.8 Å². The highest BCUT2D eigenvalue weighted by Crippen LogP contribution is 2.01. The molecule has 0 fully saturated rings. The normalized spacial score (nSPS) is 10.6. The summed E-state index contributed by atoms with van der Waals surface area (Å²) >= 11 is 0. The molecule has 0 aliphatic heterocycles. The fourth-order valence-corrected chi connectivity index (χ4v) is 1.84. The number of carboxylic acid groups (broad SMARTS) is 1. The van der Waals surface area contributed by atoms with Crippen molar-refractivity contribution in [3.05, 3.63) is 10.4 Å². The number of amides is 2. The van der Waals surface area contributed by atoms with Crippen LogP contribution in [-0.2, 0) is 14.3 Å². The zero-order valence-electron chi connectivity index (χ0n) is 15.3. The summed E-state index contributed by atoms with van der Waals surface area (Å²) in [5.41, 5.74) is 14.5. The lowest BCUT2D eigenvalue weighted by Crippen LogP contribution is -2.48. The largest absolute Gasteiger partial charge is 0.548 e. The predicted octanol–water partition coefficient (Wildman–Crippen LogP) is 0.368. The molecular formula is C14H24N8O6. The van der Waals surface area contributed by atoms with Crippen molar-refractivity contribution >= 4 is 18.2 Å². The third-order valence-electron chi connectivity index (χ3n) is 3.17. The Balaban J connectivity index is 3.87. The number of carbonyl (C=O) groups excluding carboxylic acids is 3. The van der Waals surface area contributed by atoms with Crippen molar-refractivity contribution in [3.63, 3.8) is 0 Å². The molecule has 0 heterocycles. The quantitative estimate of drug-likeness (QED) is 0.152. The minimum absolute atomic E-state index is 0.0134. The molecule has 1 unspecified atom stereocenters. The van der Waals surface area contributed by atoms with Crippen molar-refractivity contribution in [1.29, 1.82) is 5.53 Å². The molecule has 1 atom stereocenters. The zero-order valence-corrected chi connectivity index (χ0v) is 15.3. The molecule has 0 rings (SSSR count). The molecule has 0 aliphatic carbocycles. The highest BCUT2D eigenvalue weighted by molar-refractivity contribution is 5.78. The van der Waals surface area contributed by atoms with Gasteiger partial charge < -0.3 is 30.0 Å². The highest BCUT2D eigenvalue weighted by atomic mass is 16.6. The Morgan fingerprint density at radius 2 is 1.68 bits per heavy atom. The third kappa shape index (κ3) is 14.9. The van der Waals surface area contributed by atoms with Gasteiger partial charge in [0, 0.05) is 24.4 Å². The van der Waals surface area contributed by atoms with Crippen LogP contribution in [0.3, 0.4) is 0 Å². The summed E-state index contributed by atoms with van der Waals surface area (Å²) in [6.07, 6.45) is 0.239. The topological polar surface area (TPSA) is 216 Å². The second-order valence-electron chi connectivity index (χ2n) is 5.34. The first-order valence-corrected chi connectivity index (χ1v) is 8.60. The number of rotatable bonds is 15. The van der Waals surface area contributed by atoms with E-state index in [9.17, 15) is 19.5 Å². The van der Waals surface area contributed by atoms with Crippen molar-refractivity contribution in [3.8, 4) is 0 Å². The maximum atomic E-state index is 11.5. The van der Waals surface area contributed by atoms with Gasteiger partial charge in [0.05, 0.1) is 25.2 Å². The second kappa shape index (κ2) is 17.1. The summed E-state index contributed by atoms with van der Waals surface area (Å²) in [6, 6.07) is -1.21. The van der Waals surface area contributed by atoms with Crippen LogP contribution in [0, 0.1) is 5.53 Å². The molecule has 14 heteroatoms. The molecule has 14 nitrogen and oxygen atoms in total. The number of carbonyl (C=O) groups is 3. The number of nitrogens with zero attached hydrogens (tertiary/aromatic N) is 5. The number of hydrogen-bond acceptors (Lipinski definition) is 9. The Bertz CT molecular complexity index is 588. The van der Waals surface area contributed by atoms with E-state index in [0.717, 1.165) is 0 Å². The van der Waals surface area contributed by atoms with E-state index in [4.69, 9.17) is 20.5 Å². The molecule has 0 aromatic rings. The Morgan fingerprint density at radius 3 is 2.29 bits per heavy atom. The summed E-state index contributed by atoms with van der Waals surface area (Å²) in [4.78, 5) is 39.3. The van der Waals surface area contributed by atoms with Crippen molar-refractivity contribution < 1.29 is 29.0 Å². The van der Waals surface area contributed by atoms with Crippen LogP contribution in [-0.4, -0.2) is 57.0 Å². The molecule has 0 radical (unpaired) electrons.